The molecule has 2 atom stereocenters. The van der Waals surface area contributed by atoms with E-state index in [2.05, 4.69) is 43.9 Å². The van der Waals surface area contributed by atoms with E-state index < -0.39 is 0 Å². The van der Waals surface area contributed by atoms with E-state index in [1.165, 1.54) is 42.5 Å². The van der Waals surface area contributed by atoms with Crippen LogP contribution < -0.4 is 5.73 Å². The van der Waals surface area contributed by atoms with Crippen LogP contribution in [-0.2, 0) is 6.54 Å². The molecule has 1 fully saturated rings. The molecule has 0 saturated carbocycles. The second-order valence-electron chi connectivity index (χ2n) is 5.89. The van der Waals surface area contributed by atoms with Gasteiger partial charge in [-0.15, -0.1) is 12.4 Å². The largest absolute Gasteiger partial charge is 0.327 e. The van der Waals surface area contributed by atoms with Crippen molar-refractivity contribution >= 4 is 12.4 Å². The average molecular weight is 283 g/mol. The number of aryl methyl sites for hydroxylation is 2. The Morgan fingerprint density at radius 2 is 1.84 bits per heavy atom. The minimum Gasteiger partial charge on any atom is -0.327 e. The molecular weight excluding hydrogens is 256 g/mol. The average Bonchev–Trinajstić information content (AvgIpc) is 2.27. The molecule has 19 heavy (non-hydrogen) atoms. The fourth-order valence-electron chi connectivity index (χ4n) is 3.20. The van der Waals surface area contributed by atoms with Gasteiger partial charge < -0.3 is 5.73 Å². The van der Waals surface area contributed by atoms with Crippen molar-refractivity contribution in [2.24, 2.45) is 5.73 Å². The van der Waals surface area contributed by atoms with Crippen LogP contribution in [0.3, 0.4) is 0 Å². The first-order valence-corrected chi connectivity index (χ1v) is 7.13. The molecule has 1 aromatic carbocycles. The smallest absolute Gasteiger partial charge is 0.0248 e. The third kappa shape index (κ3) is 4.48. The summed E-state index contributed by atoms with van der Waals surface area (Å²) in [6, 6.07) is 7.68. The van der Waals surface area contributed by atoms with Crippen molar-refractivity contribution in [3.8, 4) is 0 Å². The highest BCUT2D eigenvalue weighted by Crippen LogP contribution is 2.22. The SMILES string of the molecule is Cc1cc(C)cc(CN2CCCCC2C(C)N)c1.Cl. The maximum absolute atomic E-state index is 6.13. The Bertz CT molecular complexity index is 383. The number of halogens is 1. The molecule has 0 radical (unpaired) electrons. The summed E-state index contributed by atoms with van der Waals surface area (Å²) >= 11 is 0. The molecule has 2 nitrogen and oxygen atoms in total. The molecule has 1 saturated heterocycles. The molecule has 1 aromatic rings. The second kappa shape index (κ2) is 7.28. The molecule has 2 unspecified atom stereocenters. The van der Waals surface area contributed by atoms with Gasteiger partial charge >= 0.3 is 0 Å². The lowest BCUT2D eigenvalue weighted by Crippen LogP contribution is -2.48. The molecule has 0 amide bonds. The van der Waals surface area contributed by atoms with Gasteiger partial charge in [-0.05, 0) is 45.7 Å². The van der Waals surface area contributed by atoms with E-state index in [0.717, 1.165) is 6.54 Å². The Morgan fingerprint density at radius 1 is 1.21 bits per heavy atom. The van der Waals surface area contributed by atoms with Gasteiger partial charge in [0.15, 0.2) is 0 Å². The minimum absolute atomic E-state index is 0. The van der Waals surface area contributed by atoms with Crippen molar-refractivity contribution in [3.63, 3.8) is 0 Å². The van der Waals surface area contributed by atoms with Crippen LogP contribution in [0.15, 0.2) is 18.2 Å². The number of piperidine rings is 1. The first-order chi connectivity index (χ1) is 8.56. The van der Waals surface area contributed by atoms with Crippen LogP contribution in [0.25, 0.3) is 0 Å². The summed E-state index contributed by atoms with van der Waals surface area (Å²) in [5.41, 5.74) is 10.3. The van der Waals surface area contributed by atoms with E-state index in [-0.39, 0.29) is 18.4 Å². The fourth-order valence-corrected chi connectivity index (χ4v) is 3.20. The molecule has 0 aromatic heterocycles. The molecule has 0 aliphatic carbocycles. The normalized spacial score (nSPS) is 21.8. The summed E-state index contributed by atoms with van der Waals surface area (Å²) in [5.74, 6) is 0. The first-order valence-electron chi connectivity index (χ1n) is 7.13. The lowest BCUT2D eigenvalue weighted by molar-refractivity contribution is 0.123. The van der Waals surface area contributed by atoms with Crippen molar-refractivity contribution in [1.29, 1.82) is 0 Å². The van der Waals surface area contributed by atoms with Gasteiger partial charge in [0.25, 0.3) is 0 Å². The van der Waals surface area contributed by atoms with Crippen LogP contribution in [0.1, 0.15) is 42.9 Å². The van der Waals surface area contributed by atoms with Crippen LogP contribution >= 0.6 is 12.4 Å². The van der Waals surface area contributed by atoms with E-state index in [0.29, 0.717) is 6.04 Å². The van der Waals surface area contributed by atoms with E-state index in [4.69, 9.17) is 5.73 Å². The third-order valence-electron chi connectivity index (χ3n) is 3.94. The third-order valence-corrected chi connectivity index (χ3v) is 3.94. The van der Waals surface area contributed by atoms with Crippen molar-refractivity contribution in [3.05, 3.63) is 34.9 Å². The number of hydrogen-bond donors (Lipinski definition) is 1. The Morgan fingerprint density at radius 3 is 2.42 bits per heavy atom. The van der Waals surface area contributed by atoms with Crippen molar-refractivity contribution in [2.75, 3.05) is 6.54 Å². The maximum atomic E-state index is 6.13. The number of nitrogens with zero attached hydrogens (tertiary/aromatic N) is 1. The van der Waals surface area contributed by atoms with E-state index in [1.807, 2.05) is 0 Å². The van der Waals surface area contributed by atoms with E-state index >= 15 is 0 Å². The first kappa shape index (κ1) is 16.5. The van der Waals surface area contributed by atoms with Crippen molar-refractivity contribution in [1.82, 2.24) is 4.90 Å². The molecule has 1 aliphatic heterocycles. The highest BCUT2D eigenvalue weighted by Gasteiger charge is 2.25. The predicted octanol–water partition coefficient (Wildman–Crippen LogP) is 3.43. The van der Waals surface area contributed by atoms with Gasteiger partial charge in [0, 0.05) is 18.6 Å². The monoisotopic (exact) mass is 282 g/mol. The standard InChI is InChI=1S/C16H26N2.ClH/c1-12-8-13(2)10-15(9-12)11-18-7-5-4-6-16(18)14(3)17;/h8-10,14,16H,4-7,11,17H2,1-3H3;1H. The van der Waals surface area contributed by atoms with Crippen LogP contribution in [-0.4, -0.2) is 23.5 Å². The molecular formula is C16H27ClN2. The fraction of sp³-hybridized carbons (Fsp3) is 0.625. The van der Waals surface area contributed by atoms with Gasteiger partial charge in [-0.2, -0.15) is 0 Å². The van der Waals surface area contributed by atoms with Crippen LogP contribution in [0, 0.1) is 13.8 Å². The zero-order valence-corrected chi connectivity index (χ0v) is 13.2. The number of benzene rings is 1. The zero-order valence-electron chi connectivity index (χ0n) is 12.4. The zero-order chi connectivity index (χ0) is 13.1. The number of likely N-dealkylation sites (tertiary alicyclic amines) is 1. The van der Waals surface area contributed by atoms with Gasteiger partial charge in [0.05, 0.1) is 0 Å². The molecule has 2 N–H and O–H groups in total. The summed E-state index contributed by atoms with van der Waals surface area (Å²) in [4.78, 5) is 2.57. The lowest BCUT2D eigenvalue weighted by atomic mass is 9.96. The molecule has 1 aliphatic rings. The van der Waals surface area contributed by atoms with Gasteiger partial charge in [-0.1, -0.05) is 35.7 Å². The number of hydrogen-bond acceptors (Lipinski definition) is 2. The Labute approximate surface area is 123 Å². The molecule has 1 heterocycles. The van der Waals surface area contributed by atoms with Gasteiger partial charge in [-0.3, -0.25) is 4.90 Å². The van der Waals surface area contributed by atoms with E-state index in [1.54, 1.807) is 0 Å². The highest BCUT2D eigenvalue weighted by atomic mass is 35.5. The summed E-state index contributed by atoms with van der Waals surface area (Å²) in [5, 5.41) is 0. The van der Waals surface area contributed by atoms with Crippen molar-refractivity contribution < 1.29 is 0 Å². The van der Waals surface area contributed by atoms with Crippen molar-refractivity contribution in [2.45, 2.75) is 58.7 Å². The molecule has 3 heteroatoms. The topological polar surface area (TPSA) is 29.3 Å². The van der Waals surface area contributed by atoms with E-state index in [9.17, 15) is 0 Å². The molecule has 0 spiro atoms. The predicted molar refractivity (Wildman–Crippen MR) is 84.9 cm³/mol. The second-order valence-corrected chi connectivity index (χ2v) is 5.89. The quantitative estimate of drug-likeness (QED) is 0.920. The maximum Gasteiger partial charge on any atom is 0.0248 e. The van der Waals surface area contributed by atoms with Crippen LogP contribution in [0.2, 0.25) is 0 Å². The number of nitrogens with two attached hydrogens (primary N) is 1. The summed E-state index contributed by atoms with van der Waals surface area (Å²) in [7, 11) is 0. The number of rotatable bonds is 3. The summed E-state index contributed by atoms with van der Waals surface area (Å²) in [6.45, 7) is 8.74. The van der Waals surface area contributed by atoms with Gasteiger partial charge in [0.2, 0.25) is 0 Å². The molecule has 2 rings (SSSR count). The van der Waals surface area contributed by atoms with Gasteiger partial charge in [0.1, 0.15) is 0 Å². The van der Waals surface area contributed by atoms with Crippen LogP contribution in [0.5, 0.6) is 0 Å². The molecule has 0 bridgehead atoms. The minimum atomic E-state index is 0. The summed E-state index contributed by atoms with van der Waals surface area (Å²) < 4.78 is 0. The molecule has 108 valence electrons. The highest BCUT2D eigenvalue weighted by molar-refractivity contribution is 5.85. The Balaban J connectivity index is 0.00000180. The Hall–Kier alpha value is -0.570. The van der Waals surface area contributed by atoms with Crippen LogP contribution in [0.4, 0.5) is 0 Å². The van der Waals surface area contributed by atoms with Gasteiger partial charge in [-0.25, -0.2) is 0 Å². The Kier molecular flexibility index (Phi) is 6.31. The lowest BCUT2D eigenvalue weighted by Gasteiger charge is -2.38. The summed E-state index contributed by atoms with van der Waals surface area (Å²) in [6.07, 6.45) is 3.89.